The minimum absolute atomic E-state index is 0.208. The summed E-state index contributed by atoms with van der Waals surface area (Å²) >= 11 is 1.01. The molecule has 0 aromatic carbocycles. The summed E-state index contributed by atoms with van der Waals surface area (Å²) in [5.41, 5.74) is 0. The van der Waals surface area contributed by atoms with Crippen LogP contribution < -0.4 is 5.32 Å². The van der Waals surface area contributed by atoms with Crippen LogP contribution in [0.1, 0.15) is 11.5 Å². The predicted molar refractivity (Wildman–Crippen MR) is 74.3 cm³/mol. The van der Waals surface area contributed by atoms with Crippen molar-refractivity contribution in [1.82, 2.24) is 5.32 Å². The molecule has 0 radical (unpaired) electrons. The van der Waals surface area contributed by atoms with Crippen LogP contribution in [0, 0.1) is 6.92 Å². The fourth-order valence-electron chi connectivity index (χ4n) is 1.30. The fourth-order valence-corrected chi connectivity index (χ4v) is 2.04. The van der Waals surface area contributed by atoms with Gasteiger partial charge in [0.25, 0.3) is 5.91 Å². The van der Waals surface area contributed by atoms with E-state index in [9.17, 15) is 9.59 Å². The van der Waals surface area contributed by atoms with Crippen LogP contribution in [0.15, 0.2) is 37.7 Å². The summed E-state index contributed by atoms with van der Waals surface area (Å²) in [6.07, 6.45) is 2.52. The number of amides is 1. The van der Waals surface area contributed by atoms with Crippen molar-refractivity contribution in [3.05, 3.63) is 34.6 Å². The number of amidine groups is 1. The molecule has 104 valence electrons. The average molecular weight is 293 g/mol. The number of carbonyl (C=O) groups excluding carboxylic acids is 2. The number of nitrogens with zero attached hydrogens (tertiary/aromatic N) is 2. The molecule has 1 aliphatic heterocycles. The van der Waals surface area contributed by atoms with E-state index < -0.39 is 11.9 Å². The maximum atomic E-state index is 11.5. The Hall–Kier alpha value is -2.35. The van der Waals surface area contributed by atoms with E-state index in [1.165, 1.54) is 13.3 Å². The molecule has 0 atom stereocenters. The second-order valence-corrected chi connectivity index (χ2v) is 4.72. The van der Waals surface area contributed by atoms with E-state index in [1.807, 2.05) is 6.92 Å². The molecule has 0 aliphatic carbocycles. The second-order valence-electron chi connectivity index (χ2n) is 3.69. The van der Waals surface area contributed by atoms with Gasteiger partial charge in [0.1, 0.15) is 11.5 Å². The molecule has 1 amide bonds. The molecule has 20 heavy (non-hydrogen) atoms. The van der Waals surface area contributed by atoms with Gasteiger partial charge < -0.3 is 9.15 Å². The standard InChI is InChI=1S/C12H11N3O4S/c1-7-3-4-8(19-7)6-13-15-12-14-11(17)9(20-12)5-10(16)18-2/h3-6H,1-2H3,(H,14,15,17)/b9-5-,13-6+. The maximum absolute atomic E-state index is 11.5. The number of carbonyl (C=O) groups is 2. The Kier molecular flexibility index (Phi) is 4.36. The monoisotopic (exact) mass is 293 g/mol. The van der Waals surface area contributed by atoms with Crippen LogP contribution in [0.4, 0.5) is 0 Å². The molecule has 2 heterocycles. The van der Waals surface area contributed by atoms with Gasteiger partial charge in [0, 0.05) is 6.08 Å². The summed E-state index contributed by atoms with van der Waals surface area (Å²) in [7, 11) is 1.24. The van der Waals surface area contributed by atoms with E-state index in [1.54, 1.807) is 12.1 Å². The number of rotatable bonds is 3. The minimum Gasteiger partial charge on any atom is -0.466 e. The molecule has 0 spiro atoms. The molecule has 1 aliphatic rings. The molecule has 8 heteroatoms. The fraction of sp³-hybridized carbons (Fsp3) is 0.167. The molecule has 1 N–H and O–H groups in total. The Labute approximate surface area is 118 Å². The predicted octanol–water partition coefficient (Wildman–Crippen LogP) is 1.20. The van der Waals surface area contributed by atoms with Gasteiger partial charge in [-0.05, 0) is 30.8 Å². The third kappa shape index (κ3) is 3.58. The molecule has 7 nitrogen and oxygen atoms in total. The van der Waals surface area contributed by atoms with Crippen LogP contribution in [-0.4, -0.2) is 30.4 Å². The molecular weight excluding hydrogens is 282 g/mol. The van der Waals surface area contributed by atoms with Gasteiger partial charge in [0.15, 0.2) is 5.17 Å². The first-order valence-electron chi connectivity index (χ1n) is 5.55. The van der Waals surface area contributed by atoms with Crippen molar-refractivity contribution >= 4 is 35.0 Å². The molecule has 1 aromatic heterocycles. The van der Waals surface area contributed by atoms with Crippen molar-refractivity contribution in [2.24, 2.45) is 10.2 Å². The van der Waals surface area contributed by atoms with Gasteiger partial charge in [-0.3, -0.25) is 10.1 Å². The first kappa shape index (κ1) is 14.1. The topological polar surface area (TPSA) is 93.3 Å². The zero-order valence-electron chi connectivity index (χ0n) is 10.7. The summed E-state index contributed by atoms with van der Waals surface area (Å²) in [5, 5.41) is 10.4. The normalized spacial score (nSPS) is 19.0. The lowest BCUT2D eigenvalue weighted by molar-refractivity contribution is -0.135. The van der Waals surface area contributed by atoms with Crippen LogP contribution >= 0.6 is 11.8 Å². The summed E-state index contributed by atoms with van der Waals surface area (Å²) in [6, 6.07) is 3.56. The number of thioether (sulfide) groups is 1. The summed E-state index contributed by atoms with van der Waals surface area (Å²) in [5.74, 6) is 0.319. The highest BCUT2D eigenvalue weighted by Crippen LogP contribution is 2.23. The number of ether oxygens (including phenoxy) is 1. The van der Waals surface area contributed by atoms with E-state index in [2.05, 4.69) is 20.3 Å². The second kappa shape index (κ2) is 6.20. The highest BCUT2D eigenvalue weighted by atomic mass is 32.2. The van der Waals surface area contributed by atoms with E-state index in [4.69, 9.17) is 4.42 Å². The largest absolute Gasteiger partial charge is 0.466 e. The van der Waals surface area contributed by atoms with Gasteiger partial charge in [0.2, 0.25) is 0 Å². The highest BCUT2D eigenvalue weighted by Gasteiger charge is 2.24. The van der Waals surface area contributed by atoms with E-state index in [-0.39, 0.29) is 10.1 Å². The van der Waals surface area contributed by atoms with Gasteiger partial charge in [0.05, 0.1) is 18.2 Å². The maximum Gasteiger partial charge on any atom is 0.331 e. The minimum atomic E-state index is -0.599. The Bertz CT molecular complexity index is 630. The van der Waals surface area contributed by atoms with Crippen LogP contribution in [0.25, 0.3) is 0 Å². The molecule has 1 aromatic rings. The quantitative estimate of drug-likeness (QED) is 0.391. The summed E-state index contributed by atoms with van der Waals surface area (Å²) in [4.78, 5) is 22.8. The van der Waals surface area contributed by atoms with Gasteiger partial charge in [-0.25, -0.2) is 4.79 Å². The molecule has 0 saturated carbocycles. The lowest BCUT2D eigenvalue weighted by Gasteiger charge is -1.90. The van der Waals surface area contributed by atoms with Crippen molar-refractivity contribution in [3.8, 4) is 0 Å². The number of nitrogens with one attached hydrogen (secondary N) is 1. The van der Waals surface area contributed by atoms with Crippen LogP contribution in [-0.2, 0) is 14.3 Å². The Balaban J connectivity index is 2.03. The number of furan rings is 1. The Morgan fingerprint density at radius 1 is 1.50 bits per heavy atom. The van der Waals surface area contributed by atoms with Gasteiger partial charge in [-0.15, -0.1) is 5.10 Å². The van der Waals surface area contributed by atoms with Crippen molar-refractivity contribution < 1.29 is 18.7 Å². The van der Waals surface area contributed by atoms with Crippen LogP contribution in [0.3, 0.4) is 0 Å². The molecule has 1 saturated heterocycles. The van der Waals surface area contributed by atoms with Gasteiger partial charge in [-0.2, -0.15) is 5.10 Å². The number of aryl methyl sites for hydroxylation is 1. The lowest BCUT2D eigenvalue weighted by Crippen LogP contribution is -2.19. The molecular formula is C12H11N3O4S. The van der Waals surface area contributed by atoms with Gasteiger partial charge in [-0.1, -0.05) is 0 Å². The third-order valence-electron chi connectivity index (χ3n) is 2.20. The smallest absolute Gasteiger partial charge is 0.331 e. The SMILES string of the molecule is COC(=O)/C=C1\S/C(=N/N=C/c2ccc(C)o2)NC1=O. The third-order valence-corrected chi connectivity index (χ3v) is 3.10. The summed E-state index contributed by atoms with van der Waals surface area (Å²) < 4.78 is 9.72. The van der Waals surface area contributed by atoms with E-state index in [0.717, 1.165) is 23.6 Å². The Morgan fingerprint density at radius 3 is 2.95 bits per heavy atom. The zero-order chi connectivity index (χ0) is 14.5. The van der Waals surface area contributed by atoms with Crippen molar-refractivity contribution in [3.63, 3.8) is 0 Å². The van der Waals surface area contributed by atoms with Crippen molar-refractivity contribution in [2.75, 3.05) is 7.11 Å². The lowest BCUT2D eigenvalue weighted by atomic mass is 10.4. The summed E-state index contributed by atoms with van der Waals surface area (Å²) in [6.45, 7) is 1.82. The Morgan fingerprint density at radius 2 is 2.30 bits per heavy atom. The van der Waals surface area contributed by atoms with Gasteiger partial charge >= 0.3 is 5.97 Å². The number of hydrogen-bond acceptors (Lipinski definition) is 7. The molecule has 0 bridgehead atoms. The molecule has 2 rings (SSSR count). The average Bonchev–Trinajstić information content (AvgIpc) is 2.97. The van der Waals surface area contributed by atoms with Crippen LogP contribution in [0.2, 0.25) is 0 Å². The molecule has 1 fully saturated rings. The van der Waals surface area contributed by atoms with Crippen LogP contribution in [0.5, 0.6) is 0 Å². The highest BCUT2D eigenvalue weighted by molar-refractivity contribution is 8.18. The van der Waals surface area contributed by atoms with Crippen molar-refractivity contribution in [1.29, 1.82) is 0 Å². The van der Waals surface area contributed by atoms with E-state index >= 15 is 0 Å². The number of methoxy groups -OCH3 is 1. The zero-order valence-corrected chi connectivity index (χ0v) is 11.6. The number of esters is 1. The first-order valence-corrected chi connectivity index (χ1v) is 6.36. The molecule has 0 unspecified atom stereocenters. The first-order chi connectivity index (χ1) is 9.58. The van der Waals surface area contributed by atoms with E-state index in [0.29, 0.717) is 5.76 Å². The number of hydrogen-bond donors (Lipinski definition) is 1. The van der Waals surface area contributed by atoms with Crippen molar-refractivity contribution in [2.45, 2.75) is 6.92 Å².